The fraction of sp³-hybridized carbons (Fsp3) is 0.432. The molecular formula is C44H52N10O3. The topological polar surface area (TPSA) is 147 Å². The van der Waals surface area contributed by atoms with Gasteiger partial charge in [0.2, 0.25) is 11.8 Å². The predicted octanol–water partition coefficient (Wildman–Crippen LogP) is 5.96. The van der Waals surface area contributed by atoms with E-state index in [0.717, 1.165) is 91.0 Å². The maximum absolute atomic E-state index is 12.1. The molecular weight excluding hydrogens is 717 g/mol. The number of nitrogens with one attached hydrogen (secondary N) is 2. The number of anilines is 3. The SMILES string of the molecule is Nc1ncnc2c1c(-c1ccc(Oc3ccccc3)cc1)nn2C1CCN(CC2CCN(CC3CCN(c4ccc(NC5CCC(=O)NC5=O)cc4)CC3)C2)CC1. The van der Waals surface area contributed by atoms with Gasteiger partial charge in [0.15, 0.2) is 5.65 Å². The van der Waals surface area contributed by atoms with Gasteiger partial charge < -0.3 is 30.5 Å². The van der Waals surface area contributed by atoms with Gasteiger partial charge in [-0.1, -0.05) is 18.2 Å². The Hall–Kier alpha value is -5.53. The minimum Gasteiger partial charge on any atom is -0.457 e. The molecule has 13 heteroatoms. The molecule has 0 aliphatic carbocycles. The number of nitrogens with two attached hydrogens (primary N) is 1. The molecule has 2 unspecified atom stereocenters. The summed E-state index contributed by atoms with van der Waals surface area (Å²) in [5, 5.41) is 11.7. The molecule has 5 aromatic rings. The smallest absolute Gasteiger partial charge is 0.249 e. The summed E-state index contributed by atoms with van der Waals surface area (Å²) in [6.07, 6.45) is 8.19. The van der Waals surface area contributed by atoms with E-state index in [-0.39, 0.29) is 23.9 Å². The van der Waals surface area contributed by atoms with E-state index in [1.54, 1.807) is 6.33 Å². The van der Waals surface area contributed by atoms with Crippen LogP contribution in [0.2, 0.25) is 0 Å². The number of carbonyl (C=O) groups is 2. The second-order valence-electron chi connectivity index (χ2n) is 16.3. The van der Waals surface area contributed by atoms with E-state index in [2.05, 4.69) is 52.1 Å². The second kappa shape index (κ2) is 16.5. The molecule has 6 heterocycles. The van der Waals surface area contributed by atoms with Gasteiger partial charge in [0, 0.05) is 69.2 Å². The van der Waals surface area contributed by atoms with E-state index in [1.807, 2.05) is 66.7 Å². The Labute approximate surface area is 333 Å². The number of nitrogen functional groups attached to an aromatic ring is 1. The summed E-state index contributed by atoms with van der Waals surface area (Å²) >= 11 is 0. The molecule has 296 valence electrons. The van der Waals surface area contributed by atoms with Gasteiger partial charge in [-0.2, -0.15) is 5.10 Å². The number of hydrogen-bond acceptors (Lipinski definition) is 11. The third-order valence-electron chi connectivity index (χ3n) is 12.4. The van der Waals surface area contributed by atoms with E-state index in [1.165, 1.54) is 44.6 Å². The average Bonchev–Trinajstić information content (AvgIpc) is 3.85. The van der Waals surface area contributed by atoms with Crippen molar-refractivity contribution in [3.63, 3.8) is 0 Å². The minimum absolute atomic E-state index is 0.193. The molecule has 2 aromatic heterocycles. The molecule has 4 fully saturated rings. The summed E-state index contributed by atoms with van der Waals surface area (Å²) < 4.78 is 8.12. The van der Waals surface area contributed by atoms with Crippen molar-refractivity contribution in [2.24, 2.45) is 11.8 Å². The highest BCUT2D eigenvalue weighted by Gasteiger charge is 2.31. The lowest BCUT2D eigenvalue weighted by Crippen LogP contribution is -2.47. The highest BCUT2D eigenvalue weighted by Crippen LogP contribution is 2.36. The first-order valence-corrected chi connectivity index (χ1v) is 20.6. The first-order chi connectivity index (χ1) is 27.9. The van der Waals surface area contributed by atoms with Crippen LogP contribution < -0.4 is 26.0 Å². The Kier molecular flexibility index (Phi) is 10.7. The number of para-hydroxylation sites is 1. The van der Waals surface area contributed by atoms with Gasteiger partial charge in [-0.15, -0.1) is 0 Å². The molecule has 2 amide bonds. The van der Waals surface area contributed by atoms with E-state index >= 15 is 0 Å². The van der Waals surface area contributed by atoms with Gasteiger partial charge in [0.05, 0.1) is 11.4 Å². The van der Waals surface area contributed by atoms with Gasteiger partial charge in [-0.25, -0.2) is 14.6 Å². The van der Waals surface area contributed by atoms with Crippen molar-refractivity contribution in [1.82, 2.24) is 34.9 Å². The van der Waals surface area contributed by atoms with Crippen molar-refractivity contribution >= 4 is 40.0 Å². The molecule has 4 aliphatic heterocycles. The van der Waals surface area contributed by atoms with Crippen molar-refractivity contribution in [2.45, 2.75) is 57.0 Å². The molecule has 13 nitrogen and oxygen atoms in total. The van der Waals surface area contributed by atoms with Crippen LogP contribution in [0, 0.1) is 11.8 Å². The number of fused-ring (bicyclic) bond motifs is 1. The molecule has 4 aliphatic rings. The molecule has 4 saturated heterocycles. The van der Waals surface area contributed by atoms with Crippen molar-refractivity contribution in [1.29, 1.82) is 0 Å². The Morgan fingerprint density at radius 3 is 2.21 bits per heavy atom. The molecule has 9 rings (SSSR count). The zero-order valence-electron chi connectivity index (χ0n) is 32.4. The standard InChI is InChI=1S/C44H52N10O3/c45-42-40-41(32-6-12-37(13-7-32)57-36-4-2-1-3-5-36)50-54(43(40)47-29-46-42)35-19-22-51(23-20-35)27-31-16-21-52(28-31)26-30-17-24-53(25-18-30)34-10-8-33(9-11-34)48-38-14-15-39(55)49-44(38)56/h1-13,29-31,35,38,48H,14-28H2,(H2,45,46,47)(H,49,55,56). The summed E-state index contributed by atoms with van der Waals surface area (Å²) in [5.41, 5.74) is 11.2. The van der Waals surface area contributed by atoms with Crippen molar-refractivity contribution in [2.75, 3.05) is 68.3 Å². The quantitative estimate of drug-likeness (QED) is 0.137. The van der Waals surface area contributed by atoms with Gasteiger partial charge in [0.25, 0.3) is 0 Å². The van der Waals surface area contributed by atoms with Crippen LogP contribution in [0.4, 0.5) is 17.2 Å². The molecule has 4 N–H and O–H groups in total. The minimum atomic E-state index is -0.362. The van der Waals surface area contributed by atoms with Gasteiger partial charge >= 0.3 is 0 Å². The fourth-order valence-electron chi connectivity index (χ4n) is 9.24. The van der Waals surface area contributed by atoms with Crippen molar-refractivity contribution in [3.05, 3.63) is 85.2 Å². The molecule has 0 spiro atoms. The lowest BCUT2D eigenvalue weighted by atomic mass is 9.95. The number of benzene rings is 3. The van der Waals surface area contributed by atoms with Crippen LogP contribution in [0.3, 0.4) is 0 Å². The number of piperidine rings is 3. The Morgan fingerprint density at radius 2 is 1.46 bits per heavy atom. The first kappa shape index (κ1) is 37.1. The van der Waals surface area contributed by atoms with Crippen molar-refractivity contribution < 1.29 is 14.3 Å². The summed E-state index contributed by atoms with van der Waals surface area (Å²) in [7, 11) is 0. The predicted molar refractivity (Wildman–Crippen MR) is 222 cm³/mol. The number of amides is 2. The second-order valence-corrected chi connectivity index (χ2v) is 16.3. The van der Waals surface area contributed by atoms with Gasteiger partial charge in [0.1, 0.15) is 35.4 Å². The summed E-state index contributed by atoms with van der Waals surface area (Å²) in [4.78, 5) is 40.5. The number of ether oxygens (including phenoxy) is 1. The lowest BCUT2D eigenvalue weighted by Gasteiger charge is -2.36. The monoisotopic (exact) mass is 768 g/mol. The van der Waals surface area contributed by atoms with E-state index in [4.69, 9.17) is 15.6 Å². The zero-order valence-corrected chi connectivity index (χ0v) is 32.4. The van der Waals surface area contributed by atoms with Crippen LogP contribution in [0.15, 0.2) is 85.2 Å². The number of carbonyl (C=O) groups excluding carboxylic acids is 2. The van der Waals surface area contributed by atoms with Crippen LogP contribution in [0.25, 0.3) is 22.3 Å². The van der Waals surface area contributed by atoms with Crippen LogP contribution in [0.5, 0.6) is 11.5 Å². The van der Waals surface area contributed by atoms with Crippen LogP contribution in [-0.4, -0.2) is 99.8 Å². The summed E-state index contributed by atoms with van der Waals surface area (Å²) in [6, 6.07) is 26.0. The third kappa shape index (κ3) is 8.45. The molecule has 0 bridgehead atoms. The van der Waals surface area contributed by atoms with Crippen LogP contribution in [-0.2, 0) is 9.59 Å². The number of hydrogen-bond donors (Lipinski definition) is 3. The molecule has 0 saturated carbocycles. The molecule has 2 atom stereocenters. The zero-order chi connectivity index (χ0) is 38.7. The van der Waals surface area contributed by atoms with Gasteiger partial charge in [-0.3, -0.25) is 14.9 Å². The maximum atomic E-state index is 12.1. The lowest BCUT2D eigenvalue weighted by molar-refractivity contribution is -0.133. The molecule has 3 aromatic carbocycles. The molecule has 57 heavy (non-hydrogen) atoms. The Bertz CT molecular complexity index is 2160. The third-order valence-corrected chi connectivity index (χ3v) is 12.4. The number of rotatable bonds is 11. The summed E-state index contributed by atoms with van der Waals surface area (Å²) in [5.74, 6) is 3.03. The van der Waals surface area contributed by atoms with Crippen LogP contribution in [0.1, 0.15) is 51.0 Å². The van der Waals surface area contributed by atoms with Gasteiger partial charge in [-0.05, 0) is 118 Å². The van der Waals surface area contributed by atoms with E-state index < -0.39 is 0 Å². The number of aromatic nitrogens is 4. The highest BCUT2D eigenvalue weighted by molar-refractivity contribution is 6.01. The normalized spacial score (nSPS) is 21.6. The fourth-order valence-corrected chi connectivity index (χ4v) is 9.24. The van der Waals surface area contributed by atoms with E-state index in [0.29, 0.717) is 24.6 Å². The Morgan fingerprint density at radius 1 is 0.754 bits per heavy atom. The number of imide groups is 1. The Balaban J connectivity index is 0.735. The number of nitrogens with zero attached hydrogens (tertiary/aromatic N) is 7. The highest BCUT2D eigenvalue weighted by atomic mass is 16.5. The maximum Gasteiger partial charge on any atom is 0.249 e. The first-order valence-electron chi connectivity index (χ1n) is 20.6. The van der Waals surface area contributed by atoms with Crippen molar-refractivity contribution in [3.8, 4) is 22.8 Å². The largest absolute Gasteiger partial charge is 0.457 e. The van der Waals surface area contributed by atoms with E-state index in [9.17, 15) is 9.59 Å². The molecule has 0 radical (unpaired) electrons. The number of likely N-dealkylation sites (tertiary alicyclic amines) is 2. The van der Waals surface area contributed by atoms with Crippen LogP contribution >= 0.6 is 0 Å². The summed E-state index contributed by atoms with van der Waals surface area (Å²) in [6.45, 7) is 8.99. The average molecular weight is 769 g/mol.